The number of fused-ring (bicyclic) bond motifs is 1. The average Bonchev–Trinajstić information content (AvgIpc) is 2.57. The topological polar surface area (TPSA) is 66.2 Å². The molecule has 0 saturated heterocycles. The first kappa shape index (κ1) is 11.0. The van der Waals surface area contributed by atoms with E-state index >= 15 is 0 Å². The Morgan fingerprint density at radius 3 is 2.81 bits per heavy atom. The van der Waals surface area contributed by atoms with Crippen molar-refractivity contribution in [2.75, 3.05) is 6.61 Å². The number of aromatic amines is 1. The van der Waals surface area contributed by atoms with Crippen LogP contribution >= 0.6 is 0 Å². The molecule has 0 spiro atoms. The minimum atomic E-state index is -0.447. The summed E-state index contributed by atoms with van der Waals surface area (Å²) >= 11 is 0. The number of rotatable bonds is 3. The van der Waals surface area contributed by atoms with Gasteiger partial charge in [-0.3, -0.25) is 4.98 Å². The number of hydrogen-bond acceptors (Lipinski definition) is 3. The maximum absolute atomic E-state index is 11.0. The van der Waals surface area contributed by atoms with Crippen molar-refractivity contribution in [3.8, 4) is 0 Å². The summed E-state index contributed by atoms with van der Waals surface area (Å²) in [5.41, 5.74) is 2.23. The van der Waals surface area contributed by atoms with Gasteiger partial charge in [-0.2, -0.15) is 0 Å². The van der Waals surface area contributed by atoms with Crippen LogP contribution < -0.4 is 5.76 Å². The Hall–Kier alpha value is -1.55. The van der Waals surface area contributed by atoms with E-state index in [9.17, 15) is 9.90 Å². The van der Waals surface area contributed by atoms with Gasteiger partial charge in [0.25, 0.3) is 0 Å². The molecule has 0 aliphatic carbocycles. The molecule has 1 unspecified atom stereocenters. The SMILES string of the molecule is CC(C)C(CO)c1ccc2[nH]c(=O)oc2c1. The van der Waals surface area contributed by atoms with Gasteiger partial charge >= 0.3 is 5.76 Å². The average molecular weight is 221 g/mol. The zero-order chi connectivity index (χ0) is 11.7. The number of H-pyrrole nitrogens is 1. The highest BCUT2D eigenvalue weighted by Gasteiger charge is 2.15. The second-order valence-corrected chi connectivity index (χ2v) is 4.30. The molecule has 16 heavy (non-hydrogen) atoms. The fourth-order valence-electron chi connectivity index (χ4n) is 1.89. The number of oxazole rings is 1. The summed E-state index contributed by atoms with van der Waals surface area (Å²) in [6.07, 6.45) is 0. The molecule has 4 nitrogen and oxygen atoms in total. The number of aliphatic hydroxyl groups is 1. The third-order valence-corrected chi connectivity index (χ3v) is 2.87. The van der Waals surface area contributed by atoms with Crippen LogP contribution in [0.2, 0.25) is 0 Å². The highest BCUT2D eigenvalue weighted by molar-refractivity contribution is 5.72. The molecule has 0 fully saturated rings. The summed E-state index contributed by atoms with van der Waals surface area (Å²) in [5.74, 6) is -0.0324. The third-order valence-electron chi connectivity index (χ3n) is 2.87. The molecule has 2 aromatic rings. The van der Waals surface area contributed by atoms with Gasteiger partial charge in [0.1, 0.15) is 0 Å². The van der Waals surface area contributed by atoms with Gasteiger partial charge in [-0.05, 0) is 23.6 Å². The molecule has 2 N–H and O–H groups in total. The van der Waals surface area contributed by atoms with Crippen molar-refractivity contribution >= 4 is 11.1 Å². The van der Waals surface area contributed by atoms with E-state index in [-0.39, 0.29) is 12.5 Å². The van der Waals surface area contributed by atoms with Crippen LogP contribution in [0.5, 0.6) is 0 Å². The molecule has 0 aliphatic rings. The molecule has 1 heterocycles. The Bertz CT molecular complexity index is 538. The Kier molecular flexibility index (Phi) is 2.83. The summed E-state index contributed by atoms with van der Waals surface area (Å²) in [6.45, 7) is 4.20. The standard InChI is InChI=1S/C12H15NO3/c1-7(2)9(6-14)8-3-4-10-11(5-8)16-12(15)13-10/h3-5,7,9,14H,6H2,1-2H3,(H,13,15). The summed E-state index contributed by atoms with van der Waals surface area (Å²) in [5, 5.41) is 9.33. The van der Waals surface area contributed by atoms with Gasteiger partial charge in [0, 0.05) is 5.92 Å². The molecule has 0 aliphatic heterocycles. The zero-order valence-electron chi connectivity index (χ0n) is 9.36. The Morgan fingerprint density at radius 2 is 2.19 bits per heavy atom. The maximum Gasteiger partial charge on any atom is 0.417 e. The molecule has 0 saturated carbocycles. The molecule has 0 amide bonds. The monoisotopic (exact) mass is 221 g/mol. The predicted octanol–water partition coefficient (Wildman–Crippen LogP) is 1.85. The number of hydrogen-bond donors (Lipinski definition) is 2. The fourth-order valence-corrected chi connectivity index (χ4v) is 1.89. The molecule has 86 valence electrons. The van der Waals surface area contributed by atoms with Crippen molar-refractivity contribution in [1.29, 1.82) is 0 Å². The van der Waals surface area contributed by atoms with Crippen molar-refractivity contribution in [3.05, 3.63) is 34.3 Å². The van der Waals surface area contributed by atoms with Crippen LogP contribution in [-0.2, 0) is 0 Å². The van der Waals surface area contributed by atoms with E-state index in [0.717, 1.165) is 5.56 Å². The maximum atomic E-state index is 11.0. The summed E-state index contributed by atoms with van der Waals surface area (Å²) in [4.78, 5) is 13.6. The van der Waals surface area contributed by atoms with Crippen LogP contribution in [0.15, 0.2) is 27.4 Å². The lowest BCUT2D eigenvalue weighted by atomic mass is 9.89. The molecular weight excluding hydrogens is 206 g/mol. The lowest BCUT2D eigenvalue weighted by Crippen LogP contribution is -2.10. The van der Waals surface area contributed by atoms with E-state index in [1.807, 2.05) is 12.1 Å². The van der Waals surface area contributed by atoms with Crippen LogP contribution in [0.1, 0.15) is 25.3 Å². The molecule has 0 bridgehead atoms. The molecule has 1 atom stereocenters. The van der Waals surface area contributed by atoms with Gasteiger partial charge in [0.2, 0.25) is 0 Å². The smallest absolute Gasteiger partial charge is 0.408 e. The van der Waals surface area contributed by atoms with Crippen molar-refractivity contribution < 1.29 is 9.52 Å². The van der Waals surface area contributed by atoms with E-state index in [0.29, 0.717) is 17.0 Å². The van der Waals surface area contributed by atoms with Crippen molar-refractivity contribution in [2.24, 2.45) is 5.92 Å². The molecule has 4 heteroatoms. The number of aromatic nitrogens is 1. The quantitative estimate of drug-likeness (QED) is 0.831. The minimum Gasteiger partial charge on any atom is -0.408 e. The second kappa shape index (κ2) is 4.14. The van der Waals surface area contributed by atoms with Crippen LogP contribution in [0.25, 0.3) is 11.1 Å². The third kappa shape index (κ3) is 1.88. The second-order valence-electron chi connectivity index (χ2n) is 4.30. The van der Waals surface area contributed by atoms with Crippen molar-refractivity contribution in [3.63, 3.8) is 0 Å². The summed E-state index contributed by atoms with van der Waals surface area (Å²) in [6, 6.07) is 5.53. The van der Waals surface area contributed by atoms with Gasteiger partial charge < -0.3 is 9.52 Å². The zero-order valence-corrected chi connectivity index (χ0v) is 9.36. The predicted molar refractivity (Wildman–Crippen MR) is 61.5 cm³/mol. The highest BCUT2D eigenvalue weighted by Crippen LogP contribution is 2.26. The molecular formula is C12H15NO3. The van der Waals surface area contributed by atoms with Gasteiger partial charge in [-0.1, -0.05) is 19.9 Å². The lowest BCUT2D eigenvalue weighted by Gasteiger charge is -2.18. The van der Waals surface area contributed by atoms with E-state index in [2.05, 4.69) is 18.8 Å². The minimum absolute atomic E-state index is 0.0737. The van der Waals surface area contributed by atoms with Crippen molar-refractivity contribution in [2.45, 2.75) is 19.8 Å². The Balaban J connectivity index is 2.48. The first-order chi connectivity index (χ1) is 7.61. The van der Waals surface area contributed by atoms with Gasteiger partial charge in [-0.25, -0.2) is 4.79 Å². The molecule has 1 aromatic carbocycles. The van der Waals surface area contributed by atoms with E-state index < -0.39 is 5.76 Å². The largest absolute Gasteiger partial charge is 0.417 e. The van der Waals surface area contributed by atoms with Crippen LogP contribution in [-0.4, -0.2) is 16.7 Å². The first-order valence-electron chi connectivity index (χ1n) is 5.35. The van der Waals surface area contributed by atoms with Crippen molar-refractivity contribution in [1.82, 2.24) is 4.98 Å². The normalized spacial score (nSPS) is 13.5. The van der Waals surface area contributed by atoms with Crippen LogP contribution in [0.3, 0.4) is 0 Å². The van der Waals surface area contributed by atoms with Crippen LogP contribution in [0, 0.1) is 5.92 Å². The highest BCUT2D eigenvalue weighted by atomic mass is 16.4. The van der Waals surface area contributed by atoms with Gasteiger partial charge in [0.05, 0.1) is 12.1 Å². The fraction of sp³-hybridized carbons (Fsp3) is 0.417. The number of nitrogens with one attached hydrogen (secondary N) is 1. The number of aliphatic hydroxyl groups excluding tert-OH is 1. The Morgan fingerprint density at radius 1 is 1.44 bits per heavy atom. The van der Waals surface area contributed by atoms with Gasteiger partial charge in [-0.15, -0.1) is 0 Å². The molecule has 0 radical (unpaired) electrons. The Labute approximate surface area is 92.9 Å². The van der Waals surface area contributed by atoms with E-state index in [1.54, 1.807) is 6.07 Å². The van der Waals surface area contributed by atoms with Gasteiger partial charge in [0.15, 0.2) is 5.58 Å². The summed E-state index contributed by atoms with van der Waals surface area (Å²) in [7, 11) is 0. The first-order valence-corrected chi connectivity index (χ1v) is 5.35. The lowest BCUT2D eigenvalue weighted by molar-refractivity contribution is 0.237. The molecule has 2 rings (SSSR count). The van der Waals surface area contributed by atoms with Crippen LogP contribution in [0.4, 0.5) is 0 Å². The molecule has 1 aromatic heterocycles. The number of benzene rings is 1. The van der Waals surface area contributed by atoms with E-state index in [1.165, 1.54) is 0 Å². The summed E-state index contributed by atoms with van der Waals surface area (Å²) < 4.78 is 4.99. The van der Waals surface area contributed by atoms with E-state index in [4.69, 9.17) is 4.42 Å².